The number of methoxy groups -OCH3 is 1. The molecule has 0 bridgehead atoms. The van der Waals surface area contributed by atoms with Gasteiger partial charge in [-0.1, -0.05) is 25.7 Å². The van der Waals surface area contributed by atoms with Gasteiger partial charge in [-0.15, -0.1) is 10.2 Å². The fraction of sp³-hybridized carbons (Fsp3) is 0.833. The van der Waals surface area contributed by atoms with Gasteiger partial charge in [-0.2, -0.15) is 0 Å². The van der Waals surface area contributed by atoms with Crippen LogP contribution in [0.3, 0.4) is 0 Å². The van der Waals surface area contributed by atoms with Gasteiger partial charge in [0.15, 0.2) is 0 Å². The van der Waals surface area contributed by atoms with Gasteiger partial charge in [-0.3, -0.25) is 0 Å². The normalized spacial score (nSPS) is 16.8. The molecule has 0 unspecified atom stereocenters. The highest BCUT2D eigenvalue weighted by Crippen LogP contribution is 2.27. The van der Waals surface area contributed by atoms with E-state index in [-0.39, 0.29) is 0 Å². The zero-order valence-corrected chi connectivity index (χ0v) is 10.6. The highest BCUT2D eigenvalue weighted by atomic mass is 16.5. The Morgan fingerprint density at radius 3 is 2.65 bits per heavy atom. The Balaban J connectivity index is 2.05. The molecule has 1 aliphatic rings. The van der Waals surface area contributed by atoms with Crippen LogP contribution >= 0.6 is 0 Å². The maximum atomic E-state index is 5.68. The molecule has 0 aromatic carbocycles. The molecule has 0 saturated heterocycles. The topological polar surface area (TPSA) is 66.0 Å². The minimum atomic E-state index is 0.446. The molecule has 5 heteroatoms. The van der Waals surface area contributed by atoms with E-state index in [0.29, 0.717) is 13.2 Å². The van der Waals surface area contributed by atoms with Gasteiger partial charge in [-0.05, 0) is 5.92 Å². The van der Waals surface area contributed by atoms with Crippen molar-refractivity contribution in [3.63, 3.8) is 0 Å². The number of aromatic nitrogens is 3. The first-order valence-corrected chi connectivity index (χ1v) is 6.45. The molecule has 5 nitrogen and oxygen atoms in total. The van der Waals surface area contributed by atoms with Crippen LogP contribution < -0.4 is 5.73 Å². The van der Waals surface area contributed by atoms with E-state index < -0.39 is 0 Å². The van der Waals surface area contributed by atoms with E-state index in [0.717, 1.165) is 30.5 Å². The van der Waals surface area contributed by atoms with Crippen LogP contribution in [0.4, 0.5) is 0 Å². The zero-order chi connectivity index (χ0) is 12.1. The van der Waals surface area contributed by atoms with Crippen molar-refractivity contribution in [2.45, 2.75) is 45.2 Å². The number of hydrogen-bond donors (Lipinski definition) is 1. The van der Waals surface area contributed by atoms with Gasteiger partial charge in [-0.25, -0.2) is 0 Å². The molecule has 1 aromatic heterocycles. The van der Waals surface area contributed by atoms with Gasteiger partial charge < -0.3 is 15.0 Å². The fourth-order valence-corrected chi connectivity index (χ4v) is 2.59. The van der Waals surface area contributed by atoms with Crippen molar-refractivity contribution in [2.24, 2.45) is 11.7 Å². The van der Waals surface area contributed by atoms with Gasteiger partial charge in [0.2, 0.25) is 0 Å². The second kappa shape index (κ2) is 6.12. The van der Waals surface area contributed by atoms with E-state index in [1.165, 1.54) is 25.7 Å². The average Bonchev–Trinajstić information content (AvgIpc) is 2.97. The molecule has 0 aliphatic heterocycles. The summed E-state index contributed by atoms with van der Waals surface area (Å²) in [7, 11) is 1.71. The molecule has 2 rings (SSSR count). The summed E-state index contributed by atoms with van der Waals surface area (Å²) < 4.78 is 7.25. The molecule has 96 valence electrons. The Bertz CT molecular complexity index is 344. The lowest BCUT2D eigenvalue weighted by Gasteiger charge is -2.11. The Morgan fingerprint density at radius 1 is 1.29 bits per heavy atom. The first-order chi connectivity index (χ1) is 8.35. The first kappa shape index (κ1) is 12.5. The quantitative estimate of drug-likeness (QED) is 0.806. The average molecular weight is 238 g/mol. The van der Waals surface area contributed by atoms with Gasteiger partial charge >= 0.3 is 0 Å². The third kappa shape index (κ3) is 3.04. The summed E-state index contributed by atoms with van der Waals surface area (Å²) in [5, 5.41) is 8.44. The van der Waals surface area contributed by atoms with Crippen LogP contribution in [-0.2, 0) is 24.2 Å². The van der Waals surface area contributed by atoms with E-state index in [2.05, 4.69) is 14.8 Å². The summed E-state index contributed by atoms with van der Waals surface area (Å²) in [4.78, 5) is 0. The molecule has 1 aliphatic carbocycles. The van der Waals surface area contributed by atoms with E-state index >= 15 is 0 Å². The molecule has 1 fully saturated rings. The van der Waals surface area contributed by atoms with E-state index in [9.17, 15) is 0 Å². The lowest BCUT2D eigenvalue weighted by Crippen LogP contribution is -2.15. The number of rotatable bonds is 6. The summed E-state index contributed by atoms with van der Waals surface area (Å²) in [6, 6.07) is 0. The van der Waals surface area contributed by atoms with Crippen LogP contribution in [0.25, 0.3) is 0 Å². The van der Waals surface area contributed by atoms with Crippen LogP contribution in [-0.4, -0.2) is 28.5 Å². The summed E-state index contributed by atoms with van der Waals surface area (Å²) >= 11 is 0. The number of ether oxygens (including phenoxy) is 1. The summed E-state index contributed by atoms with van der Waals surface area (Å²) in [6.07, 6.45) is 6.42. The number of nitrogens with two attached hydrogens (primary N) is 1. The van der Waals surface area contributed by atoms with Gasteiger partial charge in [0.05, 0.1) is 13.2 Å². The highest BCUT2D eigenvalue weighted by Gasteiger charge is 2.19. The van der Waals surface area contributed by atoms with E-state index in [1.807, 2.05) is 0 Å². The molecule has 1 aromatic rings. The maximum Gasteiger partial charge on any atom is 0.146 e. The highest BCUT2D eigenvalue weighted by molar-refractivity contribution is 4.97. The van der Waals surface area contributed by atoms with Crippen molar-refractivity contribution in [1.29, 1.82) is 0 Å². The molecule has 0 atom stereocenters. The number of nitrogens with zero attached hydrogens (tertiary/aromatic N) is 3. The summed E-state index contributed by atoms with van der Waals surface area (Å²) in [6.45, 7) is 1.93. The largest absolute Gasteiger partial charge is 0.383 e. The minimum absolute atomic E-state index is 0.446. The SMILES string of the molecule is COCCn1c(CN)nnc1CC1CCCC1. The van der Waals surface area contributed by atoms with Crippen molar-refractivity contribution in [1.82, 2.24) is 14.8 Å². The van der Waals surface area contributed by atoms with Crippen molar-refractivity contribution in [3.05, 3.63) is 11.6 Å². The van der Waals surface area contributed by atoms with E-state index in [4.69, 9.17) is 10.5 Å². The molecular weight excluding hydrogens is 216 g/mol. The second-order valence-corrected chi connectivity index (χ2v) is 4.74. The predicted octanol–water partition coefficient (Wildman–Crippen LogP) is 1.12. The number of hydrogen-bond acceptors (Lipinski definition) is 4. The van der Waals surface area contributed by atoms with Crippen molar-refractivity contribution in [2.75, 3.05) is 13.7 Å². The van der Waals surface area contributed by atoms with Crippen LogP contribution in [0, 0.1) is 5.92 Å². The Kier molecular flexibility index (Phi) is 4.50. The molecular formula is C12H22N4O. The van der Waals surface area contributed by atoms with Crippen LogP contribution in [0.1, 0.15) is 37.3 Å². The molecule has 1 heterocycles. The van der Waals surface area contributed by atoms with E-state index in [1.54, 1.807) is 7.11 Å². The Morgan fingerprint density at radius 2 is 2.00 bits per heavy atom. The third-order valence-electron chi connectivity index (χ3n) is 3.55. The van der Waals surface area contributed by atoms with Crippen molar-refractivity contribution >= 4 is 0 Å². The molecule has 0 radical (unpaired) electrons. The Labute approximate surface area is 102 Å². The van der Waals surface area contributed by atoms with Crippen molar-refractivity contribution < 1.29 is 4.74 Å². The lowest BCUT2D eigenvalue weighted by atomic mass is 10.0. The van der Waals surface area contributed by atoms with Crippen LogP contribution in [0.5, 0.6) is 0 Å². The maximum absolute atomic E-state index is 5.68. The summed E-state index contributed by atoms with van der Waals surface area (Å²) in [5.74, 6) is 2.73. The molecule has 0 spiro atoms. The molecule has 2 N–H and O–H groups in total. The molecule has 0 amide bonds. The lowest BCUT2D eigenvalue weighted by molar-refractivity contribution is 0.185. The smallest absolute Gasteiger partial charge is 0.146 e. The Hall–Kier alpha value is -0.940. The minimum Gasteiger partial charge on any atom is -0.383 e. The van der Waals surface area contributed by atoms with Crippen LogP contribution in [0.15, 0.2) is 0 Å². The molecule has 1 saturated carbocycles. The molecule has 17 heavy (non-hydrogen) atoms. The monoisotopic (exact) mass is 238 g/mol. The predicted molar refractivity (Wildman–Crippen MR) is 65.5 cm³/mol. The van der Waals surface area contributed by atoms with Crippen molar-refractivity contribution in [3.8, 4) is 0 Å². The zero-order valence-electron chi connectivity index (χ0n) is 10.6. The first-order valence-electron chi connectivity index (χ1n) is 6.45. The fourth-order valence-electron chi connectivity index (χ4n) is 2.59. The summed E-state index contributed by atoms with van der Waals surface area (Å²) in [5.41, 5.74) is 5.68. The van der Waals surface area contributed by atoms with Crippen LogP contribution in [0.2, 0.25) is 0 Å². The van der Waals surface area contributed by atoms with Gasteiger partial charge in [0, 0.05) is 20.1 Å². The third-order valence-corrected chi connectivity index (χ3v) is 3.55. The van der Waals surface area contributed by atoms with Gasteiger partial charge in [0.1, 0.15) is 11.6 Å². The second-order valence-electron chi connectivity index (χ2n) is 4.74. The standard InChI is InChI=1S/C12H22N4O/c1-17-7-6-16-11(14-15-12(16)9-13)8-10-4-2-3-5-10/h10H,2-9,13H2,1H3. The van der Waals surface area contributed by atoms with Gasteiger partial charge in [0.25, 0.3) is 0 Å².